The number of nitrogens with zero attached hydrogens (tertiary/aromatic N) is 2. The van der Waals surface area contributed by atoms with Crippen molar-refractivity contribution in [1.29, 1.82) is 0 Å². The van der Waals surface area contributed by atoms with E-state index in [1.165, 1.54) is 13.2 Å². The molecule has 0 saturated carbocycles. The number of H-pyrrole nitrogens is 1. The van der Waals surface area contributed by atoms with Gasteiger partial charge in [-0.1, -0.05) is 29.3 Å². The Morgan fingerprint density at radius 3 is 2.85 bits per heavy atom. The minimum atomic E-state index is -0.366. The van der Waals surface area contributed by atoms with Gasteiger partial charge in [0.25, 0.3) is 5.91 Å². The molecule has 2 N–H and O–H groups in total. The molecule has 8 heteroatoms. The lowest BCUT2D eigenvalue weighted by atomic mass is 10.2. The molecule has 0 spiro atoms. The van der Waals surface area contributed by atoms with E-state index in [-0.39, 0.29) is 17.9 Å². The van der Waals surface area contributed by atoms with Crippen LogP contribution in [0.4, 0.5) is 5.95 Å². The molecule has 0 radical (unpaired) electrons. The predicted octanol–water partition coefficient (Wildman–Crippen LogP) is 2.77. The highest BCUT2D eigenvalue weighted by Gasteiger charge is 2.04. The molecule has 0 aliphatic rings. The van der Waals surface area contributed by atoms with Crippen LogP contribution in [0, 0.1) is 0 Å². The Labute approximate surface area is 124 Å². The summed E-state index contributed by atoms with van der Waals surface area (Å²) >= 11 is 11.7. The number of hydrogen-bond donors (Lipinski definition) is 2. The van der Waals surface area contributed by atoms with Gasteiger partial charge in [-0.3, -0.25) is 10.1 Å². The highest BCUT2D eigenvalue weighted by Crippen LogP contribution is 2.23. The van der Waals surface area contributed by atoms with Crippen LogP contribution in [0.2, 0.25) is 10.0 Å². The van der Waals surface area contributed by atoms with Gasteiger partial charge in [-0.05, 0) is 23.8 Å². The van der Waals surface area contributed by atoms with Gasteiger partial charge in [0.05, 0.1) is 17.2 Å². The van der Waals surface area contributed by atoms with Gasteiger partial charge in [0.2, 0.25) is 5.95 Å². The largest absolute Gasteiger partial charge is 0.466 e. The molecule has 1 aromatic heterocycles. The van der Waals surface area contributed by atoms with Crippen molar-refractivity contribution in [3.8, 4) is 6.01 Å². The first kappa shape index (κ1) is 14.4. The molecular formula is C12H10Cl2N4O2. The molecule has 2 rings (SSSR count). The van der Waals surface area contributed by atoms with E-state index >= 15 is 0 Å². The van der Waals surface area contributed by atoms with E-state index in [1.54, 1.807) is 24.3 Å². The van der Waals surface area contributed by atoms with Crippen molar-refractivity contribution in [2.24, 2.45) is 0 Å². The van der Waals surface area contributed by atoms with Gasteiger partial charge in [0, 0.05) is 6.08 Å². The molecule has 0 unspecified atom stereocenters. The van der Waals surface area contributed by atoms with Crippen LogP contribution in [0.25, 0.3) is 6.08 Å². The number of halogens is 2. The van der Waals surface area contributed by atoms with Crippen LogP contribution in [0.3, 0.4) is 0 Å². The molecule has 0 atom stereocenters. The fourth-order valence-electron chi connectivity index (χ4n) is 1.34. The van der Waals surface area contributed by atoms with Gasteiger partial charge in [0.1, 0.15) is 0 Å². The average molecular weight is 313 g/mol. The summed E-state index contributed by atoms with van der Waals surface area (Å²) in [6, 6.07) is 5.21. The van der Waals surface area contributed by atoms with E-state index in [2.05, 4.69) is 20.5 Å². The fourth-order valence-corrected chi connectivity index (χ4v) is 1.65. The Morgan fingerprint density at radius 2 is 2.20 bits per heavy atom. The molecule has 0 aliphatic carbocycles. The van der Waals surface area contributed by atoms with Crippen LogP contribution in [-0.4, -0.2) is 28.2 Å². The Balaban J connectivity index is 1.99. The zero-order valence-corrected chi connectivity index (χ0v) is 11.9. The number of amides is 1. The predicted molar refractivity (Wildman–Crippen MR) is 77.1 cm³/mol. The Bertz CT molecular complexity index is 655. The number of anilines is 1. The third kappa shape index (κ3) is 3.72. The van der Waals surface area contributed by atoms with Gasteiger partial charge in [-0.15, -0.1) is 5.10 Å². The van der Waals surface area contributed by atoms with E-state index in [9.17, 15) is 4.79 Å². The summed E-state index contributed by atoms with van der Waals surface area (Å²) in [6.07, 6.45) is 2.94. The third-order valence-electron chi connectivity index (χ3n) is 2.26. The molecule has 0 bridgehead atoms. The van der Waals surface area contributed by atoms with Crippen molar-refractivity contribution in [1.82, 2.24) is 15.2 Å². The van der Waals surface area contributed by atoms with Crippen molar-refractivity contribution in [2.45, 2.75) is 0 Å². The number of carbonyl (C=O) groups excluding carboxylic acids is 1. The number of hydrogen-bond acceptors (Lipinski definition) is 4. The second-order valence-electron chi connectivity index (χ2n) is 3.67. The number of aromatic nitrogens is 3. The van der Waals surface area contributed by atoms with Gasteiger partial charge < -0.3 is 4.74 Å². The lowest BCUT2D eigenvalue weighted by Crippen LogP contribution is -2.09. The van der Waals surface area contributed by atoms with Crippen LogP contribution in [-0.2, 0) is 4.79 Å². The maximum absolute atomic E-state index is 11.6. The zero-order valence-electron chi connectivity index (χ0n) is 10.4. The average Bonchev–Trinajstić information content (AvgIpc) is 2.88. The van der Waals surface area contributed by atoms with Crippen molar-refractivity contribution in [3.63, 3.8) is 0 Å². The number of benzene rings is 1. The van der Waals surface area contributed by atoms with E-state index in [4.69, 9.17) is 27.9 Å². The molecule has 20 heavy (non-hydrogen) atoms. The zero-order chi connectivity index (χ0) is 14.5. The van der Waals surface area contributed by atoms with E-state index in [0.717, 1.165) is 5.56 Å². The molecule has 2 aromatic rings. The minimum absolute atomic E-state index is 0.147. The lowest BCUT2D eigenvalue weighted by Gasteiger charge is -1.98. The van der Waals surface area contributed by atoms with Gasteiger partial charge in [-0.2, -0.15) is 4.98 Å². The SMILES string of the molecule is COc1n[nH]c(NC(=O)/C=C/c2ccc(Cl)c(Cl)c2)n1. The van der Waals surface area contributed by atoms with E-state index in [1.807, 2.05) is 0 Å². The van der Waals surface area contributed by atoms with E-state index in [0.29, 0.717) is 10.0 Å². The van der Waals surface area contributed by atoms with Crippen LogP contribution < -0.4 is 10.1 Å². The first-order chi connectivity index (χ1) is 9.58. The highest BCUT2D eigenvalue weighted by atomic mass is 35.5. The maximum Gasteiger partial charge on any atom is 0.336 e. The molecule has 104 valence electrons. The van der Waals surface area contributed by atoms with Gasteiger partial charge in [-0.25, -0.2) is 5.10 Å². The quantitative estimate of drug-likeness (QED) is 0.851. The lowest BCUT2D eigenvalue weighted by molar-refractivity contribution is -0.111. The first-order valence-electron chi connectivity index (χ1n) is 5.49. The molecule has 0 aliphatic heterocycles. The number of rotatable bonds is 4. The monoisotopic (exact) mass is 312 g/mol. The second-order valence-corrected chi connectivity index (χ2v) is 4.48. The number of ether oxygens (including phenoxy) is 1. The second kappa shape index (κ2) is 6.40. The first-order valence-corrected chi connectivity index (χ1v) is 6.24. The Morgan fingerprint density at radius 1 is 1.40 bits per heavy atom. The summed E-state index contributed by atoms with van der Waals surface area (Å²) in [4.78, 5) is 15.5. The van der Waals surface area contributed by atoms with Crippen LogP contribution in [0.15, 0.2) is 24.3 Å². The molecule has 1 amide bonds. The third-order valence-corrected chi connectivity index (χ3v) is 3.00. The molecule has 6 nitrogen and oxygen atoms in total. The number of nitrogens with one attached hydrogen (secondary N) is 2. The Kier molecular flexibility index (Phi) is 4.60. The van der Waals surface area contributed by atoms with E-state index < -0.39 is 0 Å². The summed E-state index contributed by atoms with van der Waals surface area (Å²) in [6.45, 7) is 0. The molecule has 0 saturated heterocycles. The summed E-state index contributed by atoms with van der Waals surface area (Å²) in [5.41, 5.74) is 0.754. The van der Waals surface area contributed by atoms with Crippen LogP contribution >= 0.6 is 23.2 Å². The van der Waals surface area contributed by atoms with Crippen LogP contribution in [0.5, 0.6) is 6.01 Å². The maximum atomic E-state index is 11.6. The van der Waals surface area contributed by atoms with Crippen molar-refractivity contribution >= 4 is 41.1 Å². The standard InChI is InChI=1S/C12H10Cl2N4O2/c1-20-12-16-11(17-18-12)15-10(19)5-3-7-2-4-8(13)9(14)6-7/h2-6H,1H3,(H2,15,16,17,18,19)/b5-3+. The summed E-state index contributed by atoms with van der Waals surface area (Å²) in [5.74, 6) is -0.166. The smallest absolute Gasteiger partial charge is 0.336 e. The van der Waals surface area contributed by atoms with Crippen LogP contribution in [0.1, 0.15) is 5.56 Å². The topological polar surface area (TPSA) is 79.9 Å². The van der Waals surface area contributed by atoms with Crippen molar-refractivity contribution in [2.75, 3.05) is 12.4 Å². The van der Waals surface area contributed by atoms with Crippen molar-refractivity contribution < 1.29 is 9.53 Å². The number of carbonyl (C=O) groups is 1. The summed E-state index contributed by atoms with van der Waals surface area (Å²) < 4.78 is 4.78. The Hall–Kier alpha value is -2.05. The fraction of sp³-hybridized carbons (Fsp3) is 0.0833. The summed E-state index contributed by atoms with van der Waals surface area (Å²) in [5, 5.41) is 9.59. The molecular weight excluding hydrogens is 303 g/mol. The molecule has 0 fully saturated rings. The van der Waals surface area contributed by atoms with Gasteiger partial charge >= 0.3 is 6.01 Å². The molecule has 1 heterocycles. The molecule has 1 aromatic carbocycles. The normalized spacial score (nSPS) is 10.8. The van der Waals surface area contributed by atoms with Crippen molar-refractivity contribution in [3.05, 3.63) is 39.9 Å². The minimum Gasteiger partial charge on any atom is -0.466 e. The number of aromatic amines is 1. The van der Waals surface area contributed by atoms with Gasteiger partial charge in [0.15, 0.2) is 0 Å². The highest BCUT2D eigenvalue weighted by molar-refractivity contribution is 6.42. The summed E-state index contributed by atoms with van der Waals surface area (Å²) in [7, 11) is 1.43. The number of methoxy groups -OCH3 is 1.